The van der Waals surface area contributed by atoms with E-state index in [-0.39, 0.29) is 0 Å². The smallest absolute Gasteiger partial charge is 0.226 e. The largest absolute Gasteiger partial charge is 0.340 e. The van der Waals surface area contributed by atoms with Crippen molar-refractivity contribution < 1.29 is 4.79 Å². The van der Waals surface area contributed by atoms with Crippen LogP contribution in [0.2, 0.25) is 0 Å². The molecule has 2 aliphatic rings. The van der Waals surface area contributed by atoms with Gasteiger partial charge in [-0.05, 0) is 12.3 Å². The van der Waals surface area contributed by atoms with Crippen molar-refractivity contribution in [2.45, 2.75) is 13.3 Å². The molecule has 0 aromatic heterocycles. The summed E-state index contributed by atoms with van der Waals surface area (Å²) < 4.78 is 0. The van der Waals surface area contributed by atoms with E-state index in [1.54, 1.807) is 0 Å². The van der Waals surface area contributed by atoms with Crippen molar-refractivity contribution in [1.29, 1.82) is 0 Å². The van der Waals surface area contributed by atoms with Crippen LogP contribution in [0.1, 0.15) is 13.3 Å². The monoisotopic (exact) mass is 168 g/mol. The lowest BCUT2D eigenvalue weighted by molar-refractivity contribution is -0.133. The summed E-state index contributed by atoms with van der Waals surface area (Å²) in [5.41, 5.74) is 0. The molecule has 1 saturated carbocycles. The summed E-state index contributed by atoms with van der Waals surface area (Å²) in [6.45, 7) is 5.90. The van der Waals surface area contributed by atoms with E-state index >= 15 is 0 Å². The van der Waals surface area contributed by atoms with E-state index < -0.39 is 0 Å². The zero-order valence-electron chi connectivity index (χ0n) is 7.55. The number of rotatable bonds is 1. The first-order chi connectivity index (χ1) is 5.79. The van der Waals surface area contributed by atoms with Crippen LogP contribution >= 0.6 is 0 Å². The van der Waals surface area contributed by atoms with Gasteiger partial charge in [-0.3, -0.25) is 4.79 Å². The molecule has 3 nitrogen and oxygen atoms in total. The second kappa shape index (κ2) is 3.05. The molecule has 1 N–H and O–H groups in total. The first kappa shape index (κ1) is 8.05. The first-order valence-corrected chi connectivity index (χ1v) is 4.78. The van der Waals surface area contributed by atoms with Gasteiger partial charge < -0.3 is 10.2 Å². The minimum atomic E-state index is 0.364. The van der Waals surface area contributed by atoms with Crippen LogP contribution in [0.15, 0.2) is 0 Å². The molecule has 12 heavy (non-hydrogen) atoms. The average molecular weight is 168 g/mol. The molecule has 1 aliphatic carbocycles. The third-order valence-corrected chi connectivity index (χ3v) is 2.86. The van der Waals surface area contributed by atoms with Crippen LogP contribution in [0, 0.1) is 11.8 Å². The molecule has 0 spiro atoms. The van der Waals surface area contributed by atoms with Gasteiger partial charge in [0.1, 0.15) is 0 Å². The average Bonchev–Trinajstić information content (AvgIpc) is 2.83. The SMILES string of the molecule is CC1CC1C(=O)N1CCNCC1. The predicted molar refractivity (Wildman–Crippen MR) is 46.7 cm³/mol. The topological polar surface area (TPSA) is 32.3 Å². The van der Waals surface area contributed by atoms with Crippen molar-refractivity contribution in [3.8, 4) is 0 Å². The van der Waals surface area contributed by atoms with Gasteiger partial charge in [0.15, 0.2) is 0 Å². The maximum atomic E-state index is 11.7. The van der Waals surface area contributed by atoms with Crippen molar-refractivity contribution in [1.82, 2.24) is 10.2 Å². The fraction of sp³-hybridized carbons (Fsp3) is 0.889. The molecule has 1 heterocycles. The summed E-state index contributed by atoms with van der Waals surface area (Å²) in [5.74, 6) is 1.40. The molecule has 1 amide bonds. The molecule has 0 bridgehead atoms. The van der Waals surface area contributed by atoms with Crippen molar-refractivity contribution in [3.05, 3.63) is 0 Å². The molecular weight excluding hydrogens is 152 g/mol. The number of hydrogen-bond donors (Lipinski definition) is 1. The summed E-state index contributed by atoms with van der Waals surface area (Å²) >= 11 is 0. The van der Waals surface area contributed by atoms with Crippen LogP contribution in [-0.2, 0) is 4.79 Å². The Bertz CT molecular complexity index is 187. The van der Waals surface area contributed by atoms with Crippen LogP contribution in [0.5, 0.6) is 0 Å². The van der Waals surface area contributed by atoms with Gasteiger partial charge in [-0.1, -0.05) is 6.92 Å². The number of hydrogen-bond acceptors (Lipinski definition) is 2. The minimum Gasteiger partial charge on any atom is -0.340 e. The summed E-state index contributed by atoms with van der Waals surface area (Å²) in [6, 6.07) is 0. The Morgan fingerprint density at radius 3 is 2.50 bits per heavy atom. The van der Waals surface area contributed by atoms with Gasteiger partial charge in [0.2, 0.25) is 5.91 Å². The third kappa shape index (κ3) is 1.46. The van der Waals surface area contributed by atoms with E-state index in [1.165, 1.54) is 0 Å². The van der Waals surface area contributed by atoms with Crippen molar-refractivity contribution in [2.24, 2.45) is 11.8 Å². The van der Waals surface area contributed by atoms with E-state index in [0.717, 1.165) is 32.6 Å². The maximum absolute atomic E-state index is 11.7. The Morgan fingerprint density at radius 1 is 1.42 bits per heavy atom. The van der Waals surface area contributed by atoms with Crippen LogP contribution in [-0.4, -0.2) is 37.0 Å². The third-order valence-electron chi connectivity index (χ3n) is 2.86. The van der Waals surface area contributed by atoms with E-state index in [9.17, 15) is 4.79 Å². The Labute approximate surface area is 73.1 Å². The second-order valence-electron chi connectivity index (χ2n) is 3.89. The molecule has 0 radical (unpaired) electrons. The zero-order chi connectivity index (χ0) is 8.55. The maximum Gasteiger partial charge on any atom is 0.226 e. The Morgan fingerprint density at radius 2 is 2.00 bits per heavy atom. The van der Waals surface area contributed by atoms with Gasteiger partial charge in [0, 0.05) is 32.1 Å². The zero-order valence-corrected chi connectivity index (χ0v) is 7.55. The number of nitrogens with one attached hydrogen (secondary N) is 1. The normalized spacial score (nSPS) is 34.9. The molecule has 2 fully saturated rings. The summed E-state index contributed by atoms with van der Waals surface area (Å²) in [5, 5.41) is 3.25. The highest BCUT2D eigenvalue weighted by atomic mass is 16.2. The van der Waals surface area contributed by atoms with Gasteiger partial charge >= 0.3 is 0 Å². The van der Waals surface area contributed by atoms with Crippen LogP contribution in [0.4, 0.5) is 0 Å². The lowest BCUT2D eigenvalue weighted by Gasteiger charge is -2.27. The fourth-order valence-corrected chi connectivity index (χ4v) is 1.79. The molecular formula is C9H16N2O. The molecule has 0 aromatic carbocycles. The lowest BCUT2D eigenvalue weighted by atomic mass is 10.2. The van der Waals surface area contributed by atoms with Crippen LogP contribution in [0.3, 0.4) is 0 Å². The number of carbonyl (C=O) groups is 1. The Hall–Kier alpha value is -0.570. The molecule has 1 saturated heterocycles. The standard InChI is InChI=1S/C9H16N2O/c1-7-6-8(7)9(12)11-4-2-10-3-5-11/h7-8,10H,2-6H2,1H3. The second-order valence-corrected chi connectivity index (χ2v) is 3.89. The predicted octanol–water partition coefficient (Wildman–Crippen LogP) is 0.0742. The first-order valence-electron chi connectivity index (χ1n) is 4.78. The van der Waals surface area contributed by atoms with Crippen LogP contribution in [0.25, 0.3) is 0 Å². The van der Waals surface area contributed by atoms with Gasteiger partial charge in [-0.15, -0.1) is 0 Å². The number of nitrogens with zero attached hydrogens (tertiary/aromatic N) is 1. The van der Waals surface area contributed by atoms with E-state index in [1.807, 2.05) is 4.90 Å². The molecule has 3 heteroatoms. The number of piperazine rings is 1. The lowest BCUT2D eigenvalue weighted by Crippen LogP contribution is -2.47. The molecule has 2 rings (SSSR count). The van der Waals surface area contributed by atoms with Crippen LogP contribution < -0.4 is 5.32 Å². The van der Waals surface area contributed by atoms with Crippen molar-refractivity contribution in [2.75, 3.05) is 26.2 Å². The molecule has 1 aliphatic heterocycles. The number of amides is 1. The summed E-state index contributed by atoms with van der Waals surface area (Å²) in [7, 11) is 0. The van der Waals surface area contributed by atoms with Crippen molar-refractivity contribution in [3.63, 3.8) is 0 Å². The Kier molecular flexibility index (Phi) is 2.05. The van der Waals surface area contributed by atoms with Gasteiger partial charge in [0.05, 0.1) is 0 Å². The highest BCUT2D eigenvalue weighted by molar-refractivity contribution is 5.81. The molecule has 68 valence electrons. The number of carbonyl (C=O) groups excluding carboxylic acids is 1. The Balaban J connectivity index is 1.86. The van der Waals surface area contributed by atoms with Crippen molar-refractivity contribution >= 4 is 5.91 Å². The molecule has 0 aromatic rings. The molecule has 2 atom stereocenters. The quantitative estimate of drug-likeness (QED) is 0.601. The molecule has 2 unspecified atom stereocenters. The fourth-order valence-electron chi connectivity index (χ4n) is 1.79. The highest BCUT2D eigenvalue weighted by Gasteiger charge is 2.41. The summed E-state index contributed by atoms with van der Waals surface area (Å²) in [4.78, 5) is 13.7. The van der Waals surface area contributed by atoms with E-state index in [0.29, 0.717) is 17.7 Å². The van der Waals surface area contributed by atoms with Gasteiger partial charge in [-0.25, -0.2) is 0 Å². The van der Waals surface area contributed by atoms with Gasteiger partial charge in [-0.2, -0.15) is 0 Å². The highest BCUT2D eigenvalue weighted by Crippen LogP contribution is 2.39. The van der Waals surface area contributed by atoms with E-state index in [2.05, 4.69) is 12.2 Å². The minimum absolute atomic E-state index is 0.364. The van der Waals surface area contributed by atoms with Gasteiger partial charge in [0.25, 0.3) is 0 Å². The van der Waals surface area contributed by atoms with E-state index in [4.69, 9.17) is 0 Å². The summed E-state index contributed by atoms with van der Waals surface area (Å²) in [6.07, 6.45) is 1.11.